The van der Waals surface area contributed by atoms with E-state index < -0.39 is 0 Å². The minimum absolute atomic E-state index is 0.105. The molecule has 4 nitrogen and oxygen atoms in total. The van der Waals surface area contributed by atoms with Crippen LogP contribution in [0, 0.1) is 11.8 Å². The van der Waals surface area contributed by atoms with Gasteiger partial charge < -0.3 is 15.8 Å². The van der Waals surface area contributed by atoms with E-state index in [4.69, 9.17) is 10.5 Å². The number of rotatable bonds is 4. The lowest BCUT2D eigenvalue weighted by Crippen LogP contribution is -2.42. The Kier molecular flexibility index (Phi) is 5.05. The number of hydrogen-bond donors (Lipinski definition) is 2. The van der Waals surface area contributed by atoms with E-state index in [1.54, 1.807) is 7.11 Å². The minimum Gasteiger partial charge on any atom is -0.383 e. The molecule has 0 spiro atoms. The molecule has 3 N–H and O–H groups in total. The minimum atomic E-state index is 0.105. The van der Waals surface area contributed by atoms with Crippen LogP contribution < -0.4 is 11.1 Å². The highest BCUT2D eigenvalue weighted by molar-refractivity contribution is 5.78. The monoisotopic (exact) mass is 214 g/mol. The predicted octanol–water partition coefficient (Wildman–Crippen LogP) is 0.513. The molecule has 0 saturated heterocycles. The molecule has 88 valence electrons. The van der Waals surface area contributed by atoms with Gasteiger partial charge in [0.2, 0.25) is 5.91 Å². The fourth-order valence-electron chi connectivity index (χ4n) is 2.02. The number of amides is 1. The average molecular weight is 214 g/mol. The van der Waals surface area contributed by atoms with E-state index >= 15 is 0 Å². The van der Waals surface area contributed by atoms with E-state index in [1.165, 1.54) is 0 Å². The molecule has 0 aromatic carbocycles. The zero-order valence-corrected chi connectivity index (χ0v) is 9.66. The summed E-state index contributed by atoms with van der Waals surface area (Å²) in [5.41, 5.74) is 5.96. The second kappa shape index (κ2) is 6.08. The standard InChI is InChI=1S/C11H22N2O2/c1-8-3-4-9(7-10(8)12)11(14)13-5-6-15-2/h8-10H,3-7,12H2,1-2H3,(H,13,14). The van der Waals surface area contributed by atoms with Gasteiger partial charge in [-0.15, -0.1) is 0 Å². The second-order valence-electron chi connectivity index (χ2n) is 4.43. The van der Waals surface area contributed by atoms with Gasteiger partial charge in [-0.25, -0.2) is 0 Å². The van der Waals surface area contributed by atoms with Gasteiger partial charge in [-0.2, -0.15) is 0 Å². The maximum Gasteiger partial charge on any atom is 0.223 e. The Balaban J connectivity index is 2.28. The van der Waals surface area contributed by atoms with E-state index in [1.807, 2.05) is 0 Å². The molecular formula is C11H22N2O2. The third kappa shape index (κ3) is 3.80. The van der Waals surface area contributed by atoms with Crippen LogP contribution in [0.4, 0.5) is 0 Å². The molecule has 1 aliphatic carbocycles. The Hall–Kier alpha value is -0.610. The SMILES string of the molecule is COCCNC(=O)C1CCC(C)C(N)C1. The van der Waals surface area contributed by atoms with Crippen molar-refractivity contribution in [2.75, 3.05) is 20.3 Å². The van der Waals surface area contributed by atoms with Crippen LogP contribution in [0.3, 0.4) is 0 Å². The second-order valence-corrected chi connectivity index (χ2v) is 4.43. The Morgan fingerprint density at radius 3 is 2.87 bits per heavy atom. The van der Waals surface area contributed by atoms with Crippen molar-refractivity contribution in [2.24, 2.45) is 17.6 Å². The zero-order valence-electron chi connectivity index (χ0n) is 9.66. The Labute approximate surface area is 91.5 Å². The lowest BCUT2D eigenvalue weighted by Gasteiger charge is -2.30. The third-order valence-corrected chi connectivity index (χ3v) is 3.23. The molecule has 15 heavy (non-hydrogen) atoms. The molecule has 0 aromatic rings. The van der Waals surface area contributed by atoms with Gasteiger partial charge >= 0.3 is 0 Å². The lowest BCUT2D eigenvalue weighted by molar-refractivity contribution is -0.126. The van der Waals surface area contributed by atoms with Gasteiger partial charge in [0.05, 0.1) is 6.61 Å². The molecule has 3 unspecified atom stereocenters. The maximum atomic E-state index is 11.7. The van der Waals surface area contributed by atoms with Crippen molar-refractivity contribution >= 4 is 5.91 Å². The fourth-order valence-corrected chi connectivity index (χ4v) is 2.02. The number of carbonyl (C=O) groups is 1. The van der Waals surface area contributed by atoms with Crippen LogP contribution >= 0.6 is 0 Å². The first-order valence-corrected chi connectivity index (χ1v) is 5.67. The van der Waals surface area contributed by atoms with Gasteiger partial charge in [0.1, 0.15) is 0 Å². The average Bonchev–Trinajstić information content (AvgIpc) is 2.22. The van der Waals surface area contributed by atoms with E-state index in [9.17, 15) is 4.79 Å². The van der Waals surface area contributed by atoms with Crippen LogP contribution in [-0.4, -0.2) is 32.2 Å². The van der Waals surface area contributed by atoms with Gasteiger partial charge in [-0.1, -0.05) is 6.92 Å². The summed E-state index contributed by atoms with van der Waals surface area (Å²) in [7, 11) is 1.63. The summed E-state index contributed by atoms with van der Waals surface area (Å²) in [5, 5.41) is 2.87. The molecular weight excluding hydrogens is 192 g/mol. The molecule has 0 aromatic heterocycles. The fraction of sp³-hybridized carbons (Fsp3) is 0.909. The summed E-state index contributed by atoms with van der Waals surface area (Å²) in [5.74, 6) is 0.787. The quantitative estimate of drug-likeness (QED) is 0.670. The predicted molar refractivity (Wildman–Crippen MR) is 59.4 cm³/mol. The molecule has 0 aliphatic heterocycles. The number of nitrogens with one attached hydrogen (secondary N) is 1. The van der Waals surface area contributed by atoms with Crippen molar-refractivity contribution in [3.05, 3.63) is 0 Å². The molecule has 1 fully saturated rings. The molecule has 1 rings (SSSR count). The first-order valence-electron chi connectivity index (χ1n) is 5.67. The van der Waals surface area contributed by atoms with Crippen LogP contribution in [0.5, 0.6) is 0 Å². The highest BCUT2D eigenvalue weighted by Crippen LogP contribution is 2.27. The molecule has 1 saturated carbocycles. The summed E-state index contributed by atoms with van der Waals surface area (Å²) in [4.78, 5) is 11.7. The van der Waals surface area contributed by atoms with E-state index in [0.29, 0.717) is 19.1 Å². The summed E-state index contributed by atoms with van der Waals surface area (Å²) in [6, 6.07) is 0.178. The summed E-state index contributed by atoms with van der Waals surface area (Å²) in [6.07, 6.45) is 2.84. The Morgan fingerprint density at radius 2 is 2.27 bits per heavy atom. The topological polar surface area (TPSA) is 64.3 Å². The molecule has 4 heteroatoms. The van der Waals surface area contributed by atoms with Gasteiger partial charge in [0.25, 0.3) is 0 Å². The molecule has 1 aliphatic rings. The summed E-state index contributed by atoms with van der Waals surface area (Å²) in [6.45, 7) is 3.32. The van der Waals surface area contributed by atoms with Crippen molar-refractivity contribution in [2.45, 2.75) is 32.2 Å². The highest BCUT2D eigenvalue weighted by atomic mass is 16.5. The largest absolute Gasteiger partial charge is 0.383 e. The van der Waals surface area contributed by atoms with Crippen LogP contribution in [0.25, 0.3) is 0 Å². The maximum absolute atomic E-state index is 11.7. The normalized spacial score (nSPS) is 31.3. The molecule has 1 amide bonds. The Bertz CT molecular complexity index is 209. The van der Waals surface area contributed by atoms with Gasteiger partial charge in [0.15, 0.2) is 0 Å². The van der Waals surface area contributed by atoms with Crippen LogP contribution in [0.2, 0.25) is 0 Å². The highest BCUT2D eigenvalue weighted by Gasteiger charge is 2.29. The molecule has 3 atom stereocenters. The van der Waals surface area contributed by atoms with Gasteiger partial charge in [0, 0.05) is 25.6 Å². The van der Waals surface area contributed by atoms with Crippen LogP contribution in [0.1, 0.15) is 26.2 Å². The summed E-state index contributed by atoms with van der Waals surface area (Å²) >= 11 is 0. The third-order valence-electron chi connectivity index (χ3n) is 3.23. The van der Waals surface area contributed by atoms with Crippen molar-refractivity contribution in [1.82, 2.24) is 5.32 Å². The summed E-state index contributed by atoms with van der Waals surface area (Å²) < 4.78 is 4.88. The molecule has 0 bridgehead atoms. The van der Waals surface area contributed by atoms with E-state index in [0.717, 1.165) is 19.3 Å². The van der Waals surface area contributed by atoms with E-state index in [2.05, 4.69) is 12.2 Å². The van der Waals surface area contributed by atoms with Gasteiger partial charge in [-0.05, 0) is 25.2 Å². The van der Waals surface area contributed by atoms with Crippen LogP contribution in [-0.2, 0) is 9.53 Å². The van der Waals surface area contributed by atoms with Crippen molar-refractivity contribution < 1.29 is 9.53 Å². The van der Waals surface area contributed by atoms with Crippen molar-refractivity contribution in [1.29, 1.82) is 0 Å². The van der Waals surface area contributed by atoms with Crippen LogP contribution in [0.15, 0.2) is 0 Å². The first kappa shape index (κ1) is 12.5. The first-order chi connectivity index (χ1) is 7.15. The Morgan fingerprint density at radius 1 is 1.53 bits per heavy atom. The smallest absolute Gasteiger partial charge is 0.223 e. The van der Waals surface area contributed by atoms with E-state index in [-0.39, 0.29) is 17.9 Å². The van der Waals surface area contributed by atoms with Gasteiger partial charge in [-0.3, -0.25) is 4.79 Å². The number of ether oxygens (including phenoxy) is 1. The zero-order chi connectivity index (χ0) is 11.3. The molecule has 0 radical (unpaired) electrons. The number of carbonyl (C=O) groups excluding carboxylic acids is 1. The number of hydrogen-bond acceptors (Lipinski definition) is 3. The van der Waals surface area contributed by atoms with Crippen molar-refractivity contribution in [3.8, 4) is 0 Å². The number of methoxy groups -OCH3 is 1. The van der Waals surface area contributed by atoms with Crippen molar-refractivity contribution in [3.63, 3.8) is 0 Å². The molecule has 0 heterocycles. The number of nitrogens with two attached hydrogens (primary N) is 1. The lowest BCUT2D eigenvalue weighted by atomic mass is 9.79.